The number of anilines is 2. The van der Waals surface area contributed by atoms with Gasteiger partial charge in [-0.3, -0.25) is 44.0 Å². The quantitative estimate of drug-likeness (QED) is 0.0941. The Hall–Kier alpha value is -7.29. The van der Waals surface area contributed by atoms with Crippen molar-refractivity contribution in [3.8, 4) is 11.5 Å². The van der Waals surface area contributed by atoms with Gasteiger partial charge in [0.15, 0.2) is 0 Å². The van der Waals surface area contributed by atoms with Crippen molar-refractivity contribution in [3.05, 3.63) is 70.3 Å². The molecule has 0 spiro atoms. The van der Waals surface area contributed by atoms with Crippen molar-refractivity contribution in [3.63, 3.8) is 0 Å². The van der Waals surface area contributed by atoms with Crippen LogP contribution in [0.1, 0.15) is 92.2 Å². The van der Waals surface area contributed by atoms with Gasteiger partial charge in [-0.05, 0) is 76.9 Å². The molecule has 8 rings (SSSR count). The van der Waals surface area contributed by atoms with E-state index in [1.165, 1.54) is 6.07 Å². The summed E-state index contributed by atoms with van der Waals surface area (Å²) in [6.45, 7) is 11.4. The number of aryl methyl sites for hydroxylation is 5. The maximum Gasteiger partial charge on any atom is 0.276 e. The number of piperazine rings is 1. The number of primary amides is 2. The average Bonchev–Trinajstić information content (AvgIpc) is 4.04. The summed E-state index contributed by atoms with van der Waals surface area (Å²) in [5, 5.41) is 18.0. The number of hydrogen-bond donors (Lipinski definition) is 5. The molecule has 2 aliphatic rings. The predicted molar refractivity (Wildman–Crippen MR) is 231 cm³/mol. The number of benzene rings is 2. The van der Waals surface area contributed by atoms with Gasteiger partial charge in [0.25, 0.3) is 11.8 Å². The monoisotopic (exact) mass is 862 g/mol. The number of amides is 5. The number of imidazole rings is 2. The van der Waals surface area contributed by atoms with Crippen molar-refractivity contribution in [2.24, 2.45) is 11.5 Å². The van der Waals surface area contributed by atoms with Gasteiger partial charge in [0.2, 0.25) is 29.6 Å². The fourth-order valence-electron chi connectivity index (χ4n) is 8.23. The van der Waals surface area contributed by atoms with Crippen LogP contribution in [0.4, 0.5) is 11.9 Å². The normalized spacial score (nSPS) is 14.8. The zero-order valence-corrected chi connectivity index (χ0v) is 35.6. The highest BCUT2D eigenvalue weighted by Crippen LogP contribution is 2.39. The minimum atomic E-state index is -0.703. The number of fused-ring (bicyclic) bond motifs is 1. The van der Waals surface area contributed by atoms with Gasteiger partial charge in [-0.2, -0.15) is 10.2 Å². The Kier molecular flexibility index (Phi) is 11.8. The van der Waals surface area contributed by atoms with Crippen LogP contribution in [-0.2, 0) is 24.4 Å². The molecule has 1 saturated heterocycles. The highest BCUT2D eigenvalue weighted by atomic mass is 16.5. The third-order valence-corrected chi connectivity index (χ3v) is 11.2. The number of nitrogens with one attached hydrogen (secondary N) is 3. The van der Waals surface area contributed by atoms with Crippen molar-refractivity contribution in [1.82, 2.24) is 48.9 Å². The molecule has 6 aromatic rings. The fraction of sp³-hybridized carbons (Fsp3) is 0.405. The van der Waals surface area contributed by atoms with Crippen molar-refractivity contribution in [2.45, 2.75) is 72.6 Å². The Labute approximate surface area is 361 Å². The second kappa shape index (κ2) is 17.6. The molecule has 21 heteroatoms. The highest BCUT2D eigenvalue weighted by Gasteiger charge is 2.30. The molecule has 21 nitrogen and oxygen atoms in total. The Bertz CT molecular complexity index is 2770. The predicted octanol–water partition coefficient (Wildman–Crippen LogP) is 2.75. The van der Waals surface area contributed by atoms with Crippen LogP contribution < -0.4 is 36.9 Å². The number of nitrogens with zero attached hydrogens (tertiary/aromatic N) is 9. The molecule has 0 radical (unpaired) electrons. The van der Waals surface area contributed by atoms with E-state index >= 15 is 0 Å². The van der Waals surface area contributed by atoms with Gasteiger partial charge in [-0.15, -0.1) is 0 Å². The molecule has 0 bridgehead atoms. The van der Waals surface area contributed by atoms with Crippen LogP contribution in [0.3, 0.4) is 0 Å². The Morgan fingerprint density at radius 2 is 1.40 bits per heavy atom. The third-order valence-electron chi connectivity index (χ3n) is 11.2. The van der Waals surface area contributed by atoms with E-state index in [-0.39, 0.29) is 66.9 Å². The van der Waals surface area contributed by atoms with E-state index in [1.54, 1.807) is 51.5 Å². The second-order valence-electron chi connectivity index (χ2n) is 15.5. The van der Waals surface area contributed by atoms with Crippen molar-refractivity contribution >= 4 is 63.5 Å². The SMILES string of the molecule is CCn1nc(C)cc1C(=O)Nc1nc2cc(C(N)=O)cc(OCCC(=O)N3CCNCC3)c2n1CCC[C@H]1COc2cc(C(N)=O)cc3nc(NC(=O)c4cc(C)nn4CC)n1c23. The molecule has 2 aromatic carbocycles. The van der Waals surface area contributed by atoms with E-state index in [2.05, 4.69) is 26.1 Å². The summed E-state index contributed by atoms with van der Waals surface area (Å²) in [7, 11) is 0. The van der Waals surface area contributed by atoms with Gasteiger partial charge >= 0.3 is 0 Å². The fourth-order valence-corrected chi connectivity index (χ4v) is 8.23. The standard InChI is InChI=1S/C42H50N14O7/c1-5-54-30(16-23(3)50-54)39(60)48-41-46-28-18-25(37(43)58)20-32(62-15-9-34(57)52-13-10-45-11-14-52)35(28)53(41)12-7-8-27-22-63-33-21-26(38(44)59)19-29-36(33)56(27)42(47-29)49-40(61)31-17-24(4)51-55(31)6-2/h16-21,27,45H,5-15,22H2,1-4H3,(H2,43,58)(H2,44,59)(H,46,48,60)(H,47,49,61)/t27-/m0/s1. The number of rotatable bonds is 16. The van der Waals surface area contributed by atoms with Crippen LogP contribution in [-0.4, -0.2) is 112 Å². The first kappa shape index (κ1) is 42.4. The van der Waals surface area contributed by atoms with Crippen molar-refractivity contribution in [2.75, 3.05) is 50.0 Å². The number of carbonyl (C=O) groups is 5. The van der Waals surface area contributed by atoms with Crippen LogP contribution in [0.5, 0.6) is 11.5 Å². The molecular weight excluding hydrogens is 813 g/mol. The summed E-state index contributed by atoms with van der Waals surface area (Å²) < 4.78 is 19.4. The van der Waals surface area contributed by atoms with Gasteiger partial charge in [-0.25, -0.2) is 9.97 Å². The van der Waals surface area contributed by atoms with Crippen LogP contribution in [0.2, 0.25) is 0 Å². The average molecular weight is 863 g/mol. The first-order valence-electron chi connectivity index (χ1n) is 21.0. The molecule has 0 aliphatic carbocycles. The lowest BCUT2D eigenvalue weighted by Crippen LogP contribution is -2.46. The smallest absolute Gasteiger partial charge is 0.276 e. The van der Waals surface area contributed by atoms with E-state index < -0.39 is 23.6 Å². The van der Waals surface area contributed by atoms with Gasteiger partial charge < -0.3 is 40.3 Å². The number of ether oxygens (including phenoxy) is 2. The zero-order chi connectivity index (χ0) is 44.5. The molecule has 4 aromatic heterocycles. The van der Waals surface area contributed by atoms with E-state index in [0.717, 1.165) is 0 Å². The number of aromatic nitrogens is 8. The molecule has 1 fully saturated rings. The lowest BCUT2D eigenvalue weighted by Gasteiger charge is -2.27. The molecule has 1 atom stereocenters. The molecule has 2 aliphatic heterocycles. The van der Waals surface area contributed by atoms with Gasteiger partial charge in [-0.1, -0.05) is 0 Å². The summed E-state index contributed by atoms with van der Waals surface area (Å²) >= 11 is 0. The summed E-state index contributed by atoms with van der Waals surface area (Å²) in [6, 6.07) is 9.22. The van der Waals surface area contributed by atoms with Crippen LogP contribution in [0, 0.1) is 13.8 Å². The first-order valence-corrected chi connectivity index (χ1v) is 21.0. The van der Waals surface area contributed by atoms with Crippen molar-refractivity contribution < 1.29 is 33.4 Å². The number of carbonyl (C=O) groups excluding carboxylic acids is 5. The summed E-state index contributed by atoms with van der Waals surface area (Å²) in [5.74, 6) is -1.16. The number of hydrogen-bond acceptors (Lipinski definition) is 12. The molecule has 0 saturated carbocycles. The highest BCUT2D eigenvalue weighted by molar-refractivity contribution is 6.05. The van der Waals surface area contributed by atoms with Gasteiger partial charge in [0.1, 0.15) is 40.5 Å². The topological polar surface area (TPSA) is 266 Å². The molecule has 330 valence electrons. The molecule has 7 N–H and O–H groups in total. The minimum absolute atomic E-state index is 0.0158. The third kappa shape index (κ3) is 8.50. The van der Waals surface area contributed by atoms with Crippen LogP contribution >= 0.6 is 0 Å². The Morgan fingerprint density at radius 3 is 2.02 bits per heavy atom. The zero-order valence-electron chi connectivity index (χ0n) is 35.6. The van der Waals surface area contributed by atoms with E-state index in [1.807, 2.05) is 29.9 Å². The molecule has 0 unspecified atom stereocenters. The largest absolute Gasteiger partial charge is 0.491 e. The lowest BCUT2D eigenvalue weighted by molar-refractivity contribution is -0.132. The Balaban J connectivity index is 1.13. The number of nitrogens with two attached hydrogens (primary N) is 2. The molecule has 5 amide bonds. The van der Waals surface area contributed by atoms with E-state index in [4.69, 9.17) is 30.9 Å². The van der Waals surface area contributed by atoms with Crippen molar-refractivity contribution in [1.29, 1.82) is 0 Å². The van der Waals surface area contributed by atoms with Gasteiger partial charge in [0, 0.05) is 56.9 Å². The lowest BCUT2D eigenvalue weighted by atomic mass is 10.1. The van der Waals surface area contributed by atoms with Gasteiger partial charge in [0.05, 0.1) is 41.5 Å². The maximum atomic E-state index is 13.9. The molecule has 63 heavy (non-hydrogen) atoms. The first-order chi connectivity index (χ1) is 30.3. The maximum absolute atomic E-state index is 13.9. The molecular formula is C42H50N14O7. The molecule has 6 heterocycles. The van der Waals surface area contributed by atoms with Crippen LogP contribution in [0.25, 0.3) is 22.1 Å². The Morgan fingerprint density at radius 1 is 0.810 bits per heavy atom. The summed E-state index contributed by atoms with van der Waals surface area (Å²) in [6.07, 6.45) is 1.04. The van der Waals surface area contributed by atoms with E-state index in [0.29, 0.717) is 103 Å². The second-order valence-corrected chi connectivity index (χ2v) is 15.5. The van der Waals surface area contributed by atoms with E-state index in [9.17, 15) is 24.0 Å². The summed E-state index contributed by atoms with van der Waals surface area (Å²) in [5.41, 5.74) is 15.7. The minimum Gasteiger partial charge on any atom is -0.491 e. The van der Waals surface area contributed by atoms with Crippen LogP contribution in [0.15, 0.2) is 36.4 Å². The summed E-state index contributed by atoms with van der Waals surface area (Å²) in [4.78, 5) is 76.9.